The lowest BCUT2D eigenvalue weighted by Crippen LogP contribution is -2.24. The van der Waals surface area contributed by atoms with Gasteiger partial charge in [0.25, 0.3) is 11.5 Å². The van der Waals surface area contributed by atoms with Crippen LogP contribution >= 0.6 is 0 Å². The van der Waals surface area contributed by atoms with Crippen LogP contribution in [0, 0.1) is 12.8 Å². The molecule has 0 aliphatic heterocycles. The van der Waals surface area contributed by atoms with Crippen molar-refractivity contribution in [2.45, 2.75) is 25.8 Å². The predicted molar refractivity (Wildman–Crippen MR) is 52.9 cm³/mol. The maximum Gasteiger partial charge on any atom is 0.253 e. The number of anilines is 1. The molecule has 0 bridgehead atoms. The quantitative estimate of drug-likeness (QED) is 0.808. The van der Waals surface area contributed by atoms with E-state index in [-0.39, 0.29) is 18.5 Å². The van der Waals surface area contributed by atoms with Gasteiger partial charge < -0.3 is 10.3 Å². The Kier molecular flexibility index (Phi) is 2.06. The Hall–Kier alpha value is -1.39. The monoisotopic (exact) mass is 214 g/mol. The van der Waals surface area contributed by atoms with E-state index in [1.807, 2.05) is 0 Å². The van der Waals surface area contributed by atoms with Gasteiger partial charge in [-0.2, -0.15) is 0 Å². The van der Waals surface area contributed by atoms with E-state index in [0.717, 1.165) is 0 Å². The predicted octanol–water partition coefficient (Wildman–Crippen LogP) is 1.39. The molecular formula is C10H12F2N2O. The minimum atomic E-state index is -2.60. The molecule has 1 aliphatic rings. The van der Waals surface area contributed by atoms with Gasteiger partial charge in [-0.1, -0.05) is 0 Å². The summed E-state index contributed by atoms with van der Waals surface area (Å²) >= 11 is 0. The number of pyridine rings is 1. The standard InChI is InChI=1S/C10H12F2N2O/c1-6-8(13)2-3-9(15)14(6)5-7-4-10(7,11)12/h2-3,7H,4-5,13H2,1H3. The van der Waals surface area contributed by atoms with E-state index in [1.54, 1.807) is 6.92 Å². The zero-order valence-corrected chi connectivity index (χ0v) is 8.34. The second-order valence-corrected chi connectivity index (χ2v) is 3.99. The Bertz CT molecular complexity index is 453. The summed E-state index contributed by atoms with van der Waals surface area (Å²) in [7, 11) is 0. The molecule has 1 unspecified atom stereocenters. The summed E-state index contributed by atoms with van der Waals surface area (Å²) in [6, 6.07) is 2.81. The zero-order chi connectivity index (χ0) is 11.2. The van der Waals surface area contributed by atoms with Crippen molar-refractivity contribution in [3.63, 3.8) is 0 Å². The van der Waals surface area contributed by atoms with Crippen LogP contribution in [0.1, 0.15) is 12.1 Å². The fourth-order valence-corrected chi connectivity index (χ4v) is 1.61. The highest BCUT2D eigenvalue weighted by atomic mass is 19.3. The maximum absolute atomic E-state index is 12.7. The zero-order valence-electron chi connectivity index (χ0n) is 8.34. The van der Waals surface area contributed by atoms with Gasteiger partial charge in [0.2, 0.25) is 0 Å². The fraction of sp³-hybridized carbons (Fsp3) is 0.500. The van der Waals surface area contributed by atoms with Gasteiger partial charge in [-0.15, -0.1) is 0 Å². The summed E-state index contributed by atoms with van der Waals surface area (Å²) in [5, 5.41) is 0. The first-order valence-corrected chi connectivity index (χ1v) is 4.75. The summed E-state index contributed by atoms with van der Waals surface area (Å²) in [5.41, 5.74) is 6.35. The Morgan fingerprint density at radius 2 is 2.20 bits per heavy atom. The van der Waals surface area contributed by atoms with Crippen LogP contribution in [0.25, 0.3) is 0 Å². The van der Waals surface area contributed by atoms with Gasteiger partial charge >= 0.3 is 0 Å². The van der Waals surface area contributed by atoms with Gasteiger partial charge in [-0.25, -0.2) is 8.78 Å². The Balaban J connectivity index is 2.29. The van der Waals surface area contributed by atoms with Gasteiger partial charge in [0.15, 0.2) is 0 Å². The Labute approximate surface area is 85.5 Å². The highest BCUT2D eigenvalue weighted by Gasteiger charge is 2.56. The number of rotatable bonds is 2. The maximum atomic E-state index is 12.7. The van der Waals surface area contributed by atoms with Crippen LogP contribution in [-0.4, -0.2) is 10.5 Å². The SMILES string of the molecule is Cc1c(N)ccc(=O)n1CC1CC1(F)F. The topological polar surface area (TPSA) is 48.0 Å². The van der Waals surface area contributed by atoms with Crippen molar-refractivity contribution in [2.75, 3.05) is 5.73 Å². The number of halogens is 2. The second-order valence-electron chi connectivity index (χ2n) is 3.99. The van der Waals surface area contributed by atoms with Crippen molar-refractivity contribution in [1.82, 2.24) is 4.57 Å². The number of alkyl halides is 2. The number of aromatic nitrogens is 1. The number of hydrogen-bond donors (Lipinski definition) is 1. The minimum Gasteiger partial charge on any atom is -0.397 e. The third kappa shape index (κ3) is 1.73. The van der Waals surface area contributed by atoms with E-state index in [2.05, 4.69) is 0 Å². The van der Waals surface area contributed by atoms with E-state index < -0.39 is 11.8 Å². The summed E-state index contributed by atoms with van der Waals surface area (Å²) in [4.78, 5) is 11.4. The highest BCUT2D eigenvalue weighted by molar-refractivity contribution is 5.41. The molecule has 0 radical (unpaired) electrons. The van der Waals surface area contributed by atoms with Crippen molar-refractivity contribution in [3.05, 3.63) is 28.2 Å². The van der Waals surface area contributed by atoms with E-state index >= 15 is 0 Å². The van der Waals surface area contributed by atoms with E-state index in [0.29, 0.717) is 11.4 Å². The molecule has 2 N–H and O–H groups in total. The lowest BCUT2D eigenvalue weighted by atomic mass is 10.3. The summed E-state index contributed by atoms with van der Waals surface area (Å²) < 4.78 is 26.7. The first-order chi connectivity index (χ1) is 6.92. The molecule has 15 heavy (non-hydrogen) atoms. The molecule has 2 rings (SSSR count). The molecular weight excluding hydrogens is 202 g/mol. The van der Waals surface area contributed by atoms with Crippen LogP contribution in [0.3, 0.4) is 0 Å². The fourth-order valence-electron chi connectivity index (χ4n) is 1.61. The molecule has 3 nitrogen and oxygen atoms in total. The molecule has 0 aromatic carbocycles. The normalized spacial score (nSPS) is 22.7. The average Bonchev–Trinajstić information content (AvgIpc) is 2.75. The summed E-state index contributed by atoms with van der Waals surface area (Å²) in [5.74, 6) is -3.31. The lowest BCUT2D eigenvalue weighted by molar-refractivity contribution is 0.0947. The summed E-state index contributed by atoms with van der Waals surface area (Å²) in [6.07, 6.45) is -0.131. The van der Waals surface area contributed by atoms with Crippen LogP contribution in [-0.2, 0) is 6.54 Å². The molecule has 1 fully saturated rings. The van der Waals surface area contributed by atoms with Gasteiger partial charge in [0.1, 0.15) is 0 Å². The Morgan fingerprint density at radius 3 is 2.73 bits per heavy atom. The van der Waals surface area contributed by atoms with Crippen LogP contribution < -0.4 is 11.3 Å². The molecule has 0 saturated heterocycles. The smallest absolute Gasteiger partial charge is 0.253 e. The van der Waals surface area contributed by atoms with Crippen LogP contribution in [0.4, 0.5) is 14.5 Å². The van der Waals surface area contributed by atoms with Crippen LogP contribution in [0.5, 0.6) is 0 Å². The van der Waals surface area contributed by atoms with Crippen LogP contribution in [0.2, 0.25) is 0 Å². The number of nitrogens with zero attached hydrogens (tertiary/aromatic N) is 1. The van der Waals surface area contributed by atoms with Crippen molar-refractivity contribution in [2.24, 2.45) is 5.92 Å². The molecule has 1 aromatic heterocycles. The van der Waals surface area contributed by atoms with Gasteiger partial charge in [0, 0.05) is 30.6 Å². The number of hydrogen-bond acceptors (Lipinski definition) is 2. The molecule has 5 heteroatoms. The number of nitrogen functional groups attached to an aromatic ring is 1. The van der Waals surface area contributed by atoms with E-state index in [4.69, 9.17) is 5.73 Å². The molecule has 1 heterocycles. The van der Waals surface area contributed by atoms with Gasteiger partial charge in [-0.05, 0) is 13.0 Å². The minimum absolute atomic E-state index is 0.0582. The molecule has 0 spiro atoms. The van der Waals surface area contributed by atoms with Gasteiger partial charge in [0.05, 0.1) is 5.69 Å². The molecule has 1 saturated carbocycles. The first kappa shape index (κ1) is 10.1. The van der Waals surface area contributed by atoms with Gasteiger partial charge in [-0.3, -0.25) is 4.79 Å². The molecule has 82 valence electrons. The van der Waals surface area contributed by atoms with Crippen molar-refractivity contribution in [1.29, 1.82) is 0 Å². The third-order valence-electron chi connectivity index (χ3n) is 2.85. The van der Waals surface area contributed by atoms with Crippen molar-refractivity contribution >= 4 is 5.69 Å². The van der Waals surface area contributed by atoms with Crippen LogP contribution in [0.15, 0.2) is 16.9 Å². The third-order valence-corrected chi connectivity index (χ3v) is 2.85. The van der Waals surface area contributed by atoms with Crippen molar-refractivity contribution in [3.8, 4) is 0 Å². The van der Waals surface area contributed by atoms with E-state index in [1.165, 1.54) is 16.7 Å². The highest BCUT2D eigenvalue weighted by Crippen LogP contribution is 2.49. The average molecular weight is 214 g/mol. The van der Waals surface area contributed by atoms with E-state index in [9.17, 15) is 13.6 Å². The first-order valence-electron chi connectivity index (χ1n) is 4.75. The molecule has 1 aliphatic carbocycles. The number of nitrogens with two attached hydrogens (primary N) is 1. The summed E-state index contributed by atoms with van der Waals surface area (Å²) in [6.45, 7) is 1.72. The van der Waals surface area contributed by atoms with Crippen molar-refractivity contribution < 1.29 is 8.78 Å². The molecule has 0 amide bonds. The lowest BCUT2D eigenvalue weighted by Gasteiger charge is -2.10. The largest absolute Gasteiger partial charge is 0.397 e. The second kappa shape index (κ2) is 3.05. The molecule has 1 atom stereocenters. The molecule has 1 aromatic rings. The Morgan fingerprint density at radius 1 is 1.60 bits per heavy atom.